The van der Waals surface area contributed by atoms with E-state index in [1.807, 2.05) is 48.5 Å². The number of carbonyl (C=O) groups is 1. The van der Waals surface area contributed by atoms with E-state index in [4.69, 9.17) is 11.6 Å². The summed E-state index contributed by atoms with van der Waals surface area (Å²) in [5.41, 5.74) is 3.00. The fourth-order valence-electron chi connectivity index (χ4n) is 2.61. The molecule has 0 unspecified atom stereocenters. The summed E-state index contributed by atoms with van der Waals surface area (Å²) in [6.07, 6.45) is 8.01. The van der Waals surface area contributed by atoms with Gasteiger partial charge in [0, 0.05) is 36.2 Å². The summed E-state index contributed by atoms with van der Waals surface area (Å²) in [5.74, 6) is -0.0133. The number of benzene rings is 1. The first kappa shape index (κ1) is 17.1. The van der Waals surface area contributed by atoms with Crippen molar-refractivity contribution in [3.8, 4) is 0 Å². The van der Waals surface area contributed by atoms with E-state index in [0.29, 0.717) is 17.9 Å². The maximum atomic E-state index is 12.5. The van der Waals surface area contributed by atoms with E-state index >= 15 is 0 Å². The predicted octanol–water partition coefficient (Wildman–Crippen LogP) is 3.97. The fourth-order valence-corrected chi connectivity index (χ4v) is 2.73. The minimum absolute atomic E-state index is 0.0133. The lowest BCUT2D eigenvalue weighted by Crippen LogP contribution is -2.29. The number of pyridine rings is 2. The van der Waals surface area contributed by atoms with Crippen LogP contribution >= 0.6 is 11.6 Å². The van der Waals surface area contributed by atoms with Gasteiger partial charge in [0.25, 0.3) is 0 Å². The Morgan fingerprint density at radius 3 is 2.36 bits per heavy atom. The van der Waals surface area contributed by atoms with Gasteiger partial charge in [0.1, 0.15) is 0 Å². The van der Waals surface area contributed by atoms with Crippen molar-refractivity contribution >= 4 is 17.5 Å². The SMILES string of the molecule is O=C(CCc1cccnc1)N[C@@H](c1ccncc1)c1ccc(Cl)cc1. The normalized spacial score (nSPS) is 11.7. The summed E-state index contributed by atoms with van der Waals surface area (Å²) in [6.45, 7) is 0. The molecule has 0 aliphatic heterocycles. The quantitative estimate of drug-likeness (QED) is 0.731. The fraction of sp³-hybridized carbons (Fsp3) is 0.150. The minimum atomic E-state index is -0.235. The Morgan fingerprint density at radius 2 is 1.68 bits per heavy atom. The van der Waals surface area contributed by atoms with Crippen LogP contribution in [0.2, 0.25) is 5.02 Å². The van der Waals surface area contributed by atoms with Crippen molar-refractivity contribution in [3.63, 3.8) is 0 Å². The monoisotopic (exact) mass is 351 g/mol. The lowest BCUT2D eigenvalue weighted by Gasteiger charge is -2.20. The number of nitrogens with one attached hydrogen (secondary N) is 1. The second-order valence-electron chi connectivity index (χ2n) is 5.69. The van der Waals surface area contributed by atoms with E-state index in [-0.39, 0.29) is 11.9 Å². The van der Waals surface area contributed by atoms with Crippen LogP contribution in [0.15, 0.2) is 73.3 Å². The first-order valence-corrected chi connectivity index (χ1v) is 8.44. The number of aryl methyl sites for hydroxylation is 1. The Hall–Kier alpha value is -2.72. The molecule has 0 aliphatic rings. The van der Waals surface area contributed by atoms with Gasteiger partial charge < -0.3 is 5.32 Å². The molecule has 1 aromatic carbocycles. The zero-order valence-corrected chi connectivity index (χ0v) is 14.4. The van der Waals surface area contributed by atoms with E-state index < -0.39 is 0 Å². The van der Waals surface area contributed by atoms with Crippen LogP contribution in [-0.2, 0) is 11.2 Å². The number of amides is 1. The van der Waals surface area contributed by atoms with Crippen LogP contribution in [0, 0.1) is 0 Å². The molecule has 1 amide bonds. The summed E-state index contributed by atoms with van der Waals surface area (Å²) in [7, 11) is 0. The molecular weight excluding hydrogens is 334 g/mol. The van der Waals surface area contributed by atoms with Gasteiger partial charge in [0.2, 0.25) is 5.91 Å². The number of halogens is 1. The summed E-state index contributed by atoms with van der Waals surface area (Å²) in [4.78, 5) is 20.6. The van der Waals surface area contributed by atoms with E-state index in [2.05, 4.69) is 15.3 Å². The van der Waals surface area contributed by atoms with Crippen molar-refractivity contribution in [2.24, 2.45) is 0 Å². The van der Waals surface area contributed by atoms with E-state index in [9.17, 15) is 4.79 Å². The van der Waals surface area contributed by atoms with Crippen LogP contribution in [0.25, 0.3) is 0 Å². The molecule has 3 rings (SSSR count). The Morgan fingerprint density at radius 1 is 0.960 bits per heavy atom. The summed E-state index contributed by atoms with van der Waals surface area (Å²) < 4.78 is 0. The van der Waals surface area contributed by atoms with Crippen LogP contribution in [0.1, 0.15) is 29.2 Å². The molecule has 0 saturated carbocycles. The maximum absolute atomic E-state index is 12.5. The number of nitrogens with zero attached hydrogens (tertiary/aromatic N) is 2. The number of aromatic nitrogens is 2. The second kappa shape index (κ2) is 8.40. The largest absolute Gasteiger partial charge is 0.345 e. The van der Waals surface area contributed by atoms with E-state index in [1.54, 1.807) is 24.8 Å². The first-order chi connectivity index (χ1) is 12.2. The van der Waals surface area contributed by atoms with Gasteiger partial charge in [-0.2, -0.15) is 0 Å². The Kier molecular flexibility index (Phi) is 5.75. The van der Waals surface area contributed by atoms with Gasteiger partial charge in [-0.1, -0.05) is 29.8 Å². The van der Waals surface area contributed by atoms with E-state index in [1.165, 1.54) is 0 Å². The van der Waals surface area contributed by atoms with Crippen LogP contribution in [-0.4, -0.2) is 15.9 Å². The molecule has 0 fully saturated rings. The second-order valence-corrected chi connectivity index (χ2v) is 6.13. The average molecular weight is 352 g/mol. The van der Waals surface area contributed by atoms with Gasteiger partial charge in [-0.05, 0) is 53.4 Å². The van der Waals surface area contributed by atoms with Crippen molar-refractivity contribution in [1.82, 2.24) is 15.3 Å². The molecule has 0 aliphatic carbocycles. The van der Waals surface area contributed by atoms with Gasteiger partial charge >= 0.3 is 0 Å². The molecule has 0 radical (unpaired) electrons. The summed E-state index contributed by atoms with van der Waals surface area (Å²) >= 11 is 5.98. The van der Waals surface area contributed by atoms with Gasteiger partial charge in [-0.25, -0.2) is 0 Å². The molecule has 2 heterocycles. The summed E-state index contributed by atoms with van der Waals surface area (Å²) in [5, 5.41) is 3.78. The lowest BCUT2D eigenvalue weighted by molar-refractivity contribution is -0.121. The minimum Gasteiger partial charge on any atom is -0.345 e. The number of rotatable bonds is 6. The molecule has 0 saturated heterocycles. The predicted molar refractivity (Wildman–Crippen MR) is 98.2 cm³/mol. The highest BCUT2D eigenvalue weighted by Gasteiger charge is 2.16. The third-order valence-electron chi connectivity index (χ3n) is 3.91. The van der Waals surface area contributed by atoms with Gasteiger partial charge in [-0.15, -0.1) is 0 Å². The Labute approximate surface area is 151 Å². The van der Waals surface area contributed by atoms with Gasteiger partial charge in [0.05, 0.1) is 6.04 Å². The highest BCUT2D eigenvalue weighted by Crippen LogP contribution is 2.23. The molecule has 25 heavy (non-hydrogen) atoms. The van der Waals surface area contributed by atoms with Crippen molar-refractivity contribution in [2.75, 3.05) is 0 Å². The molecule has 4 nitrogen and oxygen atoms in total. The molecule has 3 aromatic rings. The van der Waals surface area contributed by atoms with E-state index in [0.717, 1.165) is 16.7 Å². The first-order valence-electron chi connectivity index (χ1n) is 8.06. The third-order valence-corrected chi connectivity index (χ3v) is 4.16. The highest BCUT2D eigenvalue weighted by atomic mass is 35.5. The smallest absolute Gasteiger partial charge is 0.221 e. The molecule has 5 heteroatoms. The van der Waals surface area contributed by atoms with Crippen molar-refractivity contribution < 1.29 is 4.79 Å². The molecule has 1 atom stereocenters. The molecule has 2 aromatic heterocycles. The molecule has 126 valence electrons. The maximum Gasteiger partial charge on any atom is 0.221 e. The zero-order valence-electron chi connectivity index (χ0n) is 13.6. The van der Waals surface area contributed by atoms with Gasteiger partial charge in [-0.3, -0.25) is 14.8 Å². The Bertz CT molecular complexity index is 807. The van der Waals surface area contributed by atoms with Crippen LogP contribution in [0.3, 0.4) is 0 Å². The van der Waals surface area contributed by atoms with Crippen LogP contribution in [0.5, 0.6) is 0 Å². The third kappa shape index (κ3) is 4.88. The Balaban J connectivity index is 1.73. The molecule has 1 N–H and O–H groups in total. The average Bonchev–Trinajstić information content (AvgIpc) is 2.67. The molecule has 0 bridgehead atoms. The van der Waals surface area contributed by atoms with Crippen LogP contribution in [0.4, 0.5) is 0 Å². The zero-order chi connectivity index (χ0) is 17.5. The lowest BCUT2D eigenvalue weighted by atomic mass is 9.99. The number of carbonyl (C=O) groups excluding carboxylic acids is 1. The number of hydrogen-bond donors (Lipinski definition) is 1. The topological polar surface area (TPSA) is 54.9 Å². The number of hydrogen-bond acceptors (Lipinski definition) is 3. The van der Waals surface area contributed by atoms with Crippen molar-refractivity contribution in [3.05, 3.63) is 95.0 Å². The van der Waals surface area contributed by atoms with Crippen molar-refractivity contribution in [2.45, 2.75) is 18.9 Å². The molecule has 0 spiro atoms. The highest BCUT2D eigenvalue weighted by molar-refractivity contribution is 6.30. The van der Waals surface area contributed by atoms with Crippen LogP contribution < -0.4 is 5.32 Å². The standard InChI is InChI=1S/C20H18ClN3O/c21-18-6-4-16(5-7-18)20(17-9-12-22-13-10-17)24-19(25)8-3-15-2-1-11-23-14-15/h1-2,4-7,9-14,20H,3,8H2,(H,24,25)/t20-/m1/s1. The van der Waals surface area contributed by atoms with Gasteiger partial charge in [0.15, 0.2) is 0 Å². The molecular formula is C20H18ClN3O. The van der Waals surface area contributed by atoms with Crippen molar-refractivity contribution in [1.29, 1.82) is 0 Å². The summed E-state index contributed by atoms with van der Waals surface area (Å²) in [6, 6.07) is 14.9.